The number of carbonyl (C=O) groups excluding carboxylic acids is 2. The van der Waals surface area contributed by atoms with Crippen molar-refractivity contribution in [2.45, 2.75) is 0 Å². The number of carbonyl (C=O) groups is 2. The maximum absolute atomic E-state index is 11.9. The van der Waals surface area contributed by atoms with Gasteiger partial charge in [0.25, 0.3) is 5.91 Å². The van der Waals surface area contributed by atoms with Crippen LogP contribution >= 0.6 is 0 Å². The average molecular weight is 348 g/mol. The molecule has 0 fully saturated rings. The van der Waals surface area contributed by atoms with Crippen LogP contribution in [0.25, 0.3) is 11.3 Å². The molecule has 6 heteroatoms. The van der Waals surface area contributed by atoms with Crippen molar-refractivity contribution >= 4 is 18.1 Å². The lowest BCUT2D eigenvalue weighted by Crippen LogP contribution is -2.17. The van der Waals surface area contributed by atoms with Crippen molar-refractivity contribution in [2.75, 3.05) is 7.11 Å². The lowest BCUT2D eigenvalue weighted by Gasteiger charge is -2.01. The number of methoxy groups -OCH3 is 1. The second kappa shape index (κ2) is 7.94. The molecule has 0 aliphatic heterocycles. The number of ether oxygens (including phenoxy) is 1. The molecule has 3 rings (SSSR count). The summed E-state index contributed by atoms with van der Waals surface area (Å²) in [6.07, 6.45) is 1.41. The van der Waals surface area contributed by atoms with Gasteiger partial charge in [-0.05, 0) is 36.4 Å². The number of hydrogen-bond acceptors (Lipinski definition) is 5. The first kappa shape index (κ1) is 17.2. The van der Waals surface area contributed by atoms with E-state index < -0.39 is 5.97 Å². The molecule has 1 aromatic heterocycles. The zero-order valence-corrected chi connectivity index (χ0v) is 14.0. The van der Waals surface area contributed by atoms with Gasteiger partial charge in [-0.25, -0.2) is 10.2 Å². The normalized spacial score (nSPS) is 10.7. The van der Waals surface area contributed by atoms with Crippen LogP contribution in [0.4, 0.5) is 0 Å². The number of esters is 1. The summed E-state index contributed by atoms with van der Waals surface area (Å²) in [6.45, 7) is 0. The highest BCUT2D eigenvalue weighted by Gasteiger charge is 2.09. The standard InChI is InChI=1S/C20H16N2O4/c1-25-20(24)16-9-5-8-15(12-16)18-11-10-17(26-18)13-21-22-19(23)14-6-3-2-4-7-14/h2-13H,1H3,(H,22,23)/b21-13+. The van der Waals surface area contributed by atoms with Crippen molar-refractivity contribution in [3.63, 3.8) is 0 Å². The van der Waals surface area contributed by atoms with Crippen LogP contribution in [-0.2, 0) is 4.74 Å². The number of hydrazone groups is 1. The van der Waals surface area contributed by atoms with Gasteiger partial charge in [0.15, 0.2) is 0 Å². The number of hydrogen-bond donors (Lipinski definition) is 1. The third-order valence-electron chi connectivity index (χ3n) is 3.59. The number of furan rings is 1. The number of nitrogens with one attached hydrogen (secondary N) is 1. The van der Waals surface area contributed by atoms with Gasteiger partial charge in [0.2, 0.25) is 0 Å². The van der Waals surface area contributed by atoms with E-state index in [0.717, 1.165) is 5.56 Å². The first-order chi connectivity index (χ1) is 12.7. The minimum Gasteiger partial charge on any atom is -0.465 e. The van der Waals surface area contributed by atoms with Crippen molar-refractivity contribution in [3.8, 4) is 11.3 Å². The van der Waals surface area contributed by atoms with Crippen LogP contribution in [0.1, 0.15) is 26.5 Å². The summed E-state index contributed by atoms with van der Waals surface area (Å²) in [7, 11) is 1.33. The minimum absolute atomic E-state index is 0.306. The largest absolute Gasteiger partial charge is 0.465 e. The lowest BCUT2D eigenvalue weighted by molar-refractivity contribution is 0.0600. The Morgan fingerprint density at radius 3 is 2.54 bits per heavy atom. The smallest absolute Gasteiger partial charge is 0.337 e. The van der Waals surface area contributed by atoms with E-state index in [1.807, 2.05) is 12.1 Å². The quantitative estimate of drug-likeness (QED) is 0.435. The Bertz CT molecular complexity index is 945. The zero-order valence-electron chi connectivity index (χ0n) is 14.0. The summed E-state index contributed by atoms with van der Waals surface area (Å²) in [4.78, 5) is 23.5. The van der Waals surface area contributed by atoms with Gasteiger partial charge in [-0.1, -0.05) is 30.3 Å². The molecule has 2 aromatic carbocycles. The number of rotatable bonds is 5. The minimum atomic E-state index is -0.413. The van der Waals surface area contributed by atoms with Crippen LogP contribution in [0.15, 0.2) is 76.2 Å². The molecule has 1 heterocycles. The third-order valence-corrected chi connectivity index (χ3v) is 3.59. The topological polar surface area (TPSA) is 80.9 Å². The molecule has 0 unspecified atom stereocenters. The fourth-order valence-electron chi connectivity index (χ4n) is 2.30. The van der Waals surface area contributed by atoms with Gasteiger partial charge >= 0.3 is 5.97 Å². The van der Waals surface area contributed by atoms with E-state index in [4.69, 9.17) is 9.15 Å². The predicted octanol–water partition coefficient (Wildman–Crippen LogP) is 3.50. The van der Waals surface area contributed by atoms with E-state index in [-0.39, 0.29) is 5.91 Å². The average Bonchev–Trinajstić information content (AvgIpc) is 3.17. The van der Waals surface area contributed by atoms with E-state index in [0.29, 0.717) is 22.6 Å². The fourth-order valence-corrected chi connectivity index (χ4v) is 2.30. The molecule has 0 radical (unpaired) electrons. The maximum Gasteiger partial charge on any atom is 0.337 e. The van der Waals surface area contributed by atoms with Crippen LogP contribution in [0.2, 0.25) is 0 Å². The summed E-state index contributed by atoms with van der Waals surface area (Å²) in [6, 6.07) is 19.2. The molecule has 1 N–H and O–H groups in total. The van der Waals surface area contributed by atoms with Crippen LogP contribution in [0, 0.1) is 0 Å². The van der Waals surface area contributed by atoms with E-state index in [1.54, 1.807) is 54.6 Å². The molecule has 0 bridgehead atoms. The summed E-state index contributed by atoms with van der Waals surface area (Å²) >= 11 is 0. The highest BCUT2D eigenvalue weighted by molar-refractivity contribution is 5.94. The molecule has 6 nitrogen and oxygen atoms in total. The predicted molar refractivity (Wildman–Crippen MR) is 97.0 cm³/mol. The zero-order chi connectivity index (χ0) is 18.4. The molecule has 0 aliphatic rings. The van der Waals surface area contributed by atoms with Crippen molar-refractivity contribution < 1.29 is 18.7 Å². The molecule has 0 saturated heterocycles. The molecule has 130 valence electrons. The summed E-state index contributed by atoms with van der Waals surface area (Å²) in [5.41, 5.74) is 4.13. The van der Waals surface area contributed by atoms with Gasteiger partial charge in [-0.15, -0.1) is 0 Å². The second-order valence-electron chi connectivity index (χ2n) is 5.34. The van der Waals surface area contributed by atoms with Gasteiger partial charge in [0.1, 0.15) is 11.5 Å². The van der Waals surface area contributed by atoms with E-state index >= 15 is 0 Å². The molecule has 0 aliphatic carbocycles. The lowest BCUT2D eigenvalue weighted by atomic mass is 10.1. The molecular weight excluding hydrogens is 332 g/mol. The van der Waals surface area contributed by atoms with Crippen molar-refractivity contribution in [3.05, 3.63) is 83.6 Å². The van der Waals surface area contributed by atoms with Crippen molar-refractivity contribution in [2.24, 2.45) is 5.10 Å². The van der Waals surface area contributed by atoms with Gasteiger partial charge in [0.05, 0.1) is 18.9 Å². The molecule has 1 amide bonds. The molecular formula is C20H16N2O4. The van der Waals surface area contributed by atoms with Gasteiger partial charge in [-0.2, -0.15) is 5.10 Å². The van der Waals surface area contributed by atoms with Gasteiger partial charge in [0, 0.05) is 11.1 Å². The van der Waals surface area contributed by atoms with E-state index in [1.165, 1.54) is 13.3 Å². The molecule has 26 heavy (non-hydrogen) atoms. The Morgan fingerprint density at radius 1 is 1.00 bits per heavy atom. The second-order valence-corrected chi connectivity index (χ2v) is 5.34. The summed E-state index contributed by atoms with van der Waals surface area (Å²) in [5.74, 6) is 0.326. The summed E-state index contributed by atoms with van der Waals surface area (Å²) < 4.78 is 10.4. The first-order valence-corrected chi connectivity index (χ1v) is 7.84. The van der Waals surface area contributed by atoms with Crippen LogP contribution in [0.3, 0.4) is 0 Å². The monoisotopic (exact) mass is 348 g/mol. The van der Waals surface area contributed by atoms with Gasteiger partial charge in [-0.3, -0.25) is 4.79 Å². The third kappa shape index (κ3) is 4.05. The van der Waals surface area contributed by atoms with Crippen molar-refractivity contribution in [1.82, 2.24) is 5.43 Å². The number of benzene rings is 2. The first-order valence-electron chi connectivity index (χ1n) is 7.84. The van der Waals surface area contributed by atoms with Crippen LogP contribution in [0.5, 0.6) is 0 Å². The fraction of sp³-hybridized carbons (Fsp3) is 0.0500. The Morgan fingerprint density at radius 2 is 1.77 bits per heavy atom. The Kier molecular flexibility index (Phi) is 5.24. The Balaban J connectivity index is 1.68. The molecule has 0 saturated carbocycles. The van der Waals surface area contributed by atoms with Crippen LogP contribution < -0.4 is 5.43 Å². The molecule has 0 atom stereocenters. The number of amides is 1. The van der Waals surface area contributed by atoms with Crippen LogP contribution in [-0.4, -0.2) is 25.2 Å². The molecule has 0 spiro atoms. The maximum atomic E-state index is 11.9. The Labute approximate surface area is 150 Å². The van der Waals surface area contributed by atoms with Gasteiger partial charge < -0.3 is 9.15 Å². The Hall–Kier alpha value is -3.67. The van der Waals surface area contributed by atoms with E-state index in [9.17, 15) is 9.59 Å². The van der Waals surface area contributed by atoms with Crippen molar-refractivity contribution in [1.29, 1.82) is 0 Å². The SMILES string of the molecule is COC(=O)c1cccc(-c2ccc(/C=N/NC(=O)c3ccccc3)o2)c1. The highest BCUT2D eigenvalue weighted by atomic mass is 16.5. The highest BCUT2D eigenvalue weighted by Crippen LogP contribution is 2.22. The summed E-state index contributed by atoms with van der Waals surface area (Å²) in [5, 5.41) is 3.89. The van der Waals surface area contributed by atoms with E-state index in [2.05, 4.69) is 10.5 Å². The number of nitrogens with zero attached hydrogens (tertiary/aromatic N) is 1. The molecule has 3 aromatic rings.